The molecule has 4 fully saturated rings. The van der Waals surface area contributed by atoms with Crippen LogP contribution in [0.4, 0.5) is 5.69 Å². The lowest BCUT2D eigenvalue weighted by Gasteiger charge is -2.62. The van der Waals surface area contributed by atoms with Crippen molar-refractivity contribution < 1.29 is 24.3 Å². The monoisotopic (exact) mass is 737 g/mol. The van der Waals surface area contributed by atoms with Crippen molar-refractivity contribution in [1.29, 1.82) is 0 Å². The van der Waals surface area contributed by atoms with Crippen LogP contribution in [0.1, 0.15) is 84.9 Å². The van der Waals surface area contributed by atoms with Gasteiger partial charge in [0.1, 0.15) is 6.04 Å². The predicted octanol–water partition coefficient (Wildman–Crippen LogP) is 5.75. The number of aliphatic hydroxyl groups is 1. The van der Waals surface area contributed by atoms with Crippen LogP contribution in [0, 0.1) is 36.0 Å². The summed E-state index contributed by atoms with van der Waals surface area (Å²) in [6.45, 7) is 13.6. The molecular formula is C44H59N5O5. The number of aliphatic hydroxyl groups excluding tert-OH is 1. The summed E-state index contributed by atoms with van der Waals surface area (Å²) in [4.78, 5) is 48.0. The van der Waals surface area contributed by atoms with E-state index in [0.29, 0.717) is 53.9 Å². The number of ketones is 1. The largest absolute Gasteiger partial charge is 0.393 e. The SMILES string of the molecule is CNC(=O)c1cc(-c2cccc(CN3O[C@@H](CNCc4cccc(C(C)=O)c4)[C@@H]([C@H](C)O)[C@H]3C(=O)N[C@H]3C[C@@H]4C[C@H]([C@@H]3C)C4(C)C)c2C)cc(N(C)C)c1. The normalized spacial score (nSPS) is 26.4. The highest BCUT2D eigenvalue weighted by Crippen LogP contribution is 2.61. The van der Waals surface area contributed by atoms with E-state index >= 15 is 0 Å². The molecule has 3 aromatic rings. The summed E-state index contributed by atoms with van der Waals surface area (Å²) in [7, 11) is 5.54. The van der Waals surface area contributed by atoms with Crippen LogP contribution in [0.5, 0.6) is 0 Å². The van der Waals surface area contributed by atoms with Crippen molar-refractivity contribution in [3.8, 4) is 11.1 Å². The third kappa shape index (κ3) is 7.85. The third-order valence-electron chi connectivity index (χ3n) is 12.9. The lowest BCUT2D eigenvalue weighted by atomic mass is 9.45. The first-order valence-electron chi connectivity index (χ1n) is 19.5. The van der Waals surface area contributed by atoms with E-state index in [1.54, 1.807) is 26.0 Å². The molecule has 54 heavy (non-hydrogen) atoms. The van der Waals surface area contributed by atoms with Crippen LogP contribution in [0.3, 0.4) is 0 Å². The first-order chi connectivity index (χ1) is 25.6. The quantitative estimate of drug-likeness (QED) is 0.164. The molecule has 1 heterocycles. The third-order valence-corrected chi connectivity index (χ3v) is 12.9. The zero-order valence-corrected chi connectivity index (χ0v) is 33.4. The molecule has 4 N–H and O–H groups in total. The Balaban J connectivity index is 1.29. The molecule has 10 nitrogen and oxygen atoms in total. The standard InChI is InChI=1S/C44H59N5O5/c1-25-31(14-11-15-36(25)32-17-33(42(52)45-7)19-35(18-32)48(8)9)24-49-41(43(53)47-38-21-34-20-37(26(38)2)44(34,5)6)40(28(4)51)39(54-49)23-46-22-29-12-10-13-30(16-29)27(3)50/h10-19,26,28,34,37-41,46,51H,20-24H2,1-9H3,(H,45,52)(H,47,53)/t26-,28-,34-,37+,38-,39-,40+,41-/m0/s1. The number of hydrogen-bond donors (Lipinski definition) is 4. The molecule has 1 aliphatic heterocycles. The summed E-state index contributed by atoms with van der Waals surface area (Å²) < 4.78 is 0. The molecule has 8 atom stereocenters. The van der Waals surface area contributed by atoms with E-state index in [0.717, 1.165) is 39.9 Å². The molecule has 4 aliphatic rings. The molecule has 3 saturated carbocycles. The molecule has 0 aromatic heterocycles. The maximum absolute atomic E-state index is 14.6. The van der Waals surface area contributed by atoms with E-state index in [2.05, 4.69) is 61.8 Å². The summed E-state index contributed by atoms with van der Waals surface area (Å²) >= 11 is 0. The van der Waals surface area contributed by atoms with Gasteiger partial charge < -0.3 is 26.0 Å². The first-order valence-corrected chi connectivity index (χ1v) is 19.5. The molecule has 10 heteroatoms. The minimum atomic E-state index is -0.820. The number of benzene rings is 3. The summed E-state index contributed by atoms with van der Waals surface area (Å²) in [6, 6.07) is 18.9. The van der Waals surface area contributed by atoms with Gasteiger partial charge in [-0.3, -0.25) is 19.2 Å². The number of carbonyl (C=O) groups is 3. The lowest BCUT2D eigenvalue weighted by Crippen LogP contribution is -2.62. The van der Waals surface area contributed by atoms with Gasteiger partial charge in [-0.1, -0.05) is 57.2 Å². The maximum Gasteiger partial charge on any atom is 0.251 e. The van der Waals surface area contributed by atoms with Crippen LogP contribution in [-0.4, -0.2) is 79.7 Å². The fraction of sp³-hybridized carbons (Fsp3) is 0.523. The highest BCUT2D eigenvalue weighted by molar-refractivity contribution is 5.97. The van der Waals surface area contributed by atoms with Gasteiger partial charge in [0.05, 0.1) is 18.8 Å². The Morgan fingerprint density at radius 3 is 2.43 bits per heavy atom. The number of amides is 2. The van der Waals surface area contributed by atoms with Gasteiger partial charge in [-0.15, -0.1) is 0 Å². The van der Waals surface area contributed by atoms with Crippen molar-refractivity contribution in [2.75, 3.05) is 32.6 Å². The second-order valence-electron chi connectivity index (χ2n) is 16.8. The van der Waals surface area contributed by atoms with Gasteiger partial charge in [0.25, 0.3) is 5.91 Å². The number of rotatable bonds is 13. The lowest BCUT2D eigenvalue weighted by molar-refractivity contribution is -0.176. The minimum Gasteiger partial charge on any atom is -0.393 e. The number of nitrogens with one attached hydrogen (secondary N) is 3. The number of hydrogen-bond acceptors (Lipinski definition) is 8. The van der Waals surface area contributed by atoms with Crippen LogP contribution in [0.2, 0.25) is 0 Å². The average molecular weight is 738 g/mol. The number of hydroxylamine groups is 2. The van der Waals surface area contributed by atoms with Gasteiger partial charge in [-0.2, -0.15) is 5.06 Å². The Morgan fingerprint density at radius 2 is 1.78 bits per heavy atom. The van der Waals surface area contributed by atoms with Crippen molar-refractivity contribution in [3.63, 3.8) is 0 Å². The zero-order valence-electron chi connectivity index (χ0n) is 33.4. The summed E-state index contributed by atoms with van der Waals surface area (Å²) in [6.07, 6.45) is 0.872. The average Bonchev–Trinajstić information content (AvgIpc) is 3.50. The summed E-state index contributed by atoms with van der Waals surface area (Å²) in [5, 5.41) is 22.8. The van der Waals surface area contributed by atoms with Crippen LogP contribution in [0.15, 0.2) is 60.7 Å². The number of anilines is 1. The second kappa shape index (κ2) is 15.9. The zero-order chi connectivity index (χ0) is 39.1. The molecule has 1 saturated heterocycles. The molecule has 0 radical (unpaired) electrons. The number of carbonyl (C=O) groups excluding carboxylic acids is 3. The van der Waals surface area contributed by atoms with Gasteiger partial charge in [-0.25, -0.2) is 0 Å². The van der Waals surface area contributed by atoms with Crippen molar-refractivity contribution in [3.05, 3.63) is 88.5 Å². The van der Waals surface area contributed by atoms with Gasteiger partial charge in [0.2, 0.25) is 5.91 Å². The summed E-state index contributed by atoms with van der Waals surface area (Å²) in [5.41, 5.74) is 7.31. The van der Waals surface area contributed by atoms with Crippen LogP contribution >= 0.6 is 0 Å². The van der Waals surface area contributed by atoms with E-state index in [9.17, 15) is 19.5 Å². The molecule has 7 rings (SSSR count). The Morgan fingerprint density at radius 1 is 1.04 bits per heavy atom. The Kier molecular flexibility index (Phi) is 11.7. The fourth-order valence-electron chi connectivity index (χ4n) is 9.40. The van der Waals surface area contributed by atoms with Gasteiger partial charge in [0, 0.05) is 63.0 Å². The summed E-state index contributed by atoms with van der Waals surface area (Å²) in [5.74, 6) is 0.762. The van der Waals surface area contributed by atoms with Crippen LogP contribution < -0.4 is 20.9 Å². The van der Waals surface area contributed by atoms with E-state index in [1.165, 1.54) is 6.42 Å². The second-order valence-corrected chi connectivity index (χ2v) is 16.8. The van der Waals surface area contributed by atoms with E-state index in [4.69, 9.17) is 4.84 Å². The molecular weight excluding hydrogens is 679 g/mol. The van der Waals surface area contributed by atoms with Crippen LogP contribution in [0.25, 0.3) is 11.1 Å². The topological polar surface area (TPSA) is 123 Å². The van der Waals surface area contributed by atoms with Crippen LogP contribution in [-0.2, 0) is 22.7 Å². The maximum atomic E-state index is 14.6. The number of fused-ring (bicyclic) bond motifs is 2. The molecule has 3 aliphatic carbocycles. The highest BCUT2D eigenvalue weighted by atomic mass is 16.7. The molecule has 2 amide bonds. The molecule has 0 unspecified atom stereocenters. The predicted molar refractivity (Wildman–Crippen MR) is 213 cm³/mol. The van der Waals surface area contributed by atoms with Gasteiger partial charge in [-0.05, 0) is 109 Å². The number of nitrogens with zero attached hydrogens (tertiary/aromatic N) is 2. The Hall–Kier alpha value is -4.09. The first kappa shape index (κ1) is 39.6. The molecule has 0 spiro atoms. The van der Waals surface area contributed by atoms with Crippen molar-refractivity contribution in [2.24, 2.45) is 29.1 Å². The highest BCUT2D eigenvalue weighted by Gasteiger charge is 2.57. The van der Waals surface area contributed by atoms with Crippen molar-refractivity contribution in [2.45, 2.75) is 91.8 Å². The van der Waals surface area contributed by atoms with Crippen molar-refractivity contribution >= 4 is 23.3 Å². The Bertz CT molecular complexity index is 1870. The van der Waals surface area contributed by atoms with Crippen molar-refractivity contribution in [1.82, 2.24) is 21.0 Å². The smallest absolute Gasteiger partial charge is 0.251 e. The van der Waals surface area contributed by atoms with Gasteiger partial charge >= 0.3 is 0 Å². The number of Topliss-reactive ketones (excluding diaryl/α,β-unsaturated/α-hetero) is 1. The molecule has 2 bridgehead atoms. The van der Waals surface area contributed by atoms with Gasteiger partial charge in [0.15, 0.2) is 5.78 Å². The molecule has 3 aromatic carbocycles. The Labute approximate surface area is 321 Å². The van der Waals surface area contributed by atoms with E-state index in [1.807, 2.05) is 61.5 Å². The fourth-order valence-corrected chi connectivity index (χ4v) is 9.40. The minimum absolute atomic E-state index is 0.0134. The van der Waals surface area contributed by atoms with E-state index in [-0.39, 0.29) is 23.6 Å². The van der Waals surface area contributed by atoms with E-state index < -0.39 is 24.2 Å². The molecule has 290 valence electrons.